The summed E-state index contributed by atoms with van der Waals surface area (Å²) in [5, 5.41) is 16.9. The molecular weight excluding hydrogens is 164 g/mol. The van der Waals surface area contributed by atoms with Crippen LogP contribution in [0.4, 0.5) is 0 Å². The molecule has 4 atom stereocenters. The Labute approximate surface area is 80.9 Å². The molecule has 1 rings (SSSR count). The average Bonchev–Trinajstić information content (AvgIpc) is 2.09. The first kappa shape index (κ1) is 11.0. The summed E-state index contributed by atoms with van der Waals surface area (Å²) in [6.45, 7) is 9.08. The van der Waals surface area contributed by atoms with Gasteiger partial charge in [-0.25, -0.2) is 0 Å². The van der Waals surface area contributed by atoms with Crippen molar-refractivity contribution in [1.82, 2.24) is 10.6 Å². The van der Waals surface area contributed by atoms with E-state index >= 15 is 0 Å². The minimum Gasteiger partial charge on any atom is -0.389 e. The van der Waals surface area contributed by atoms with Crippen molar-refractivity contribution in [2.75, 3.05) is 6.54 Å². The molecule has 0 saturated carbocycles. The molecule has 0 radical (unpaired) electrons. The van der Waals surface area contributed by atoms with Crippen LogP contribution < -0.4 is 10.6 Å². The van der Waals surface area contributed by atoms with Crippen LogP contribution in [0, 0.1) is 0 Å². The Hall–Kier alpha value is -0.120. The first-order valence-electron chi connectivity index (χ1n) is 5.19. The molecule has 4 unspecified atom stereocenters. The zero-order valence-corrected chi connectivity index (χ0v) is 9.09. The number of piperazine rings is 1. The van der Waals surface area contributed by atoms with Gasteiger partial charge < -0.3 is 15.7 Å². The van der Waals surface area contributed by atoms with Gasteiger partial charge in [-0.1, -0.05) is 6.92 Å². The summed E-state index contributed by atoms with van der Waals surface area (Å²) >= 11 is 0. The van der Waals surface area contributed by atoms with Crippen molar-refractivity contribution in [2.24, 2.45) is 0 Å². The van der Waals surface area contributed by atoms with Crippen LogP contribution in [-0.2, 0) is 0 Å². The summed E-state index contributed by atoms with van der Waals surface area (Å²) < 4.78 is 0. The molecule has 0 aliphatic carbocycles. The first-order chi connectivity index (χ1) is 5.97. The summed E-state index contributed by atoms with van der Waals surface area (Å²) in [6, 6.07) is 1.09. The van der Waals surface area contributed by atoms with E-state index in [0.717, 1.165) is 13.0 Å². The third kappa shape index (κ3) is 2.42. The van der Waals surface area contributed by atoms with Gasteiger partial charge in [-0.2, -0.15) is 0 Å². The molecule has 1 heterocycles. The summed E-state index contributed by atoms with van der Waals surface area (Å²) in [4.78, 5) is 0. The lowest BCUT2D eigenvalue weighted by atomic mass is 9.90. The molecular formula is C10H22N2O. The Kier molecular flexibility index (Phi) is 3.33. The highest BCUT2D eigenvalue weighted by atomic mass is 16.3. The van der Waals surface area contributed by atoms with Crippen molar-refractivity contribution in [1.29, 1.82) is 0 Å². The number of aliphatic hydroxyl groups is 1. The molecule has 3 N–H and O–H groups in total. The maximum atomic E-state index is 10.0. The van der Waals surface area contributed by atoms with Crippen LogP contribution >= 0.6 is 0 Å². The average molecular weight is 186 g/mol. The highest BCUT2D eigenvalue weighted by Gasteiger charge is 2.34. The van der Waals surface area contributed by atoms with Gasteiger partial charge >= 0.3 is 0 Å². The maximum Gasteiger partial charge on any atom is 0.0781 e. The summed E-state index contributed by atoms with van der Waals surface area (Å²) in [5.41, 5.74) is -0.596. The van der Waals surface area contributed by atoms with Crippen molar-refractivity contribution in [2.45, 2.75) is 57.8 Å². The fourth-order valence-electron chi connectivity index (χ4n) is 1.65. The van der Waals surface area contributed by atoms with Crippen LogP contribution in [-0.4, -0.2) is 35.4 Å². The van der Waals surface area contributed by atoms with Crippen molar-refractivity contribution in [3.8, 4) is 0 Å². The lowest BCUT2D eigenvalue weighted by molar-refractivity contribution is 0.00167. The van der Waals surface area contributed by atoms with Gasteiger partial charge in [0.15, 0.2) is 0 Å². The third-order valence-electron chi connectivity index (χ3n) is 3.32. The monoisotopic (exact) mass is 186 g/mol. The molecule has 1 aliphatic rings. The van der Waals surface area contributed by atoms with E-state index in [9.17, 15) is 5.11 Å². The highest BCUT2D eigenvalue weighted by molar-refractivity contribution is 4.95. The van der Waals surface area contributed by atoms with E-state index in [0.29, 0.717) is 12.1 Å². The maximum absolute atomic E-state index is 10.0. The van der Waals surface area contributed by atoms with Gasteiger partial charge in [0.25, 0.3) is 0 Å². The quantitative estimate of drug-likeness (QED) is 0.588. The Balaban J connectivity index is 2.55. The fourth-order valence-corrected chi connectivity index (χ4v) is 1.65. The van der Waals surface area contributed by atoms with E-state index in [2.05, 4.69) is 24.5 Å². The lowest BCUT2D eigenvalue weighted by Crippen LogP contribution is -2.65. The zero-order valence-electron chi connectivity index (χ0n) is 9.09. The van der Waals surface area contributed by atoms with E-state index in [4.69, 9.17) is 0 Å². The lowest BCUT2D eigenvalue weighted by Gasteiger charge is -2.41. The molecule has 0 aromatic heterocycles. The van der Waals surface area contributed by atoms with E-state index in [-0.39, 0.29) is 6.04 Å². The van der Waals surface area contributed by atoms with E-state index < -0.39 is 5.60 Å². The molecule has 1 fully saturated rings. The number of nitrogens with one attached hydrogen (secondary N) is 2. The Bertz CT molecular complexity index is 170. The van der Waals surface area contributed by atoms with Crippen molar-refractivity contribution < 1.29 is 5.11 Å². The molecule has 1 saturated heterocycles. The van der Waals surface area contributed by atoms with Crippen LogP contribution in [0.25, 0.3) is 0 Å². The first-order valence-corrected chi connectivity index (χ1v) is 5.19. The van der Waals surface area contributed by atoms with Crippen molar-refractivity contribution in [3.05, 3.63) is 0 Å². The molecule has 1 aliphatic heterocycles. The van der Waals surface area contributed by atoms with E-state index in [1.165, 1.54) is 0 Å². The predicted molar refractivity (Wildman–Crippen MR) is 54.8 cm³/mol. The Morgan fingerprint density at radius 3 is 2.46 bits per heavy atom. The smallest absolute Gasteiger partial charge is 0.0781 e. The van der Waals surface area contributed by atoms with Gasteiger partial charge in [0.05, 0.1) is 5.60 Å². The predicted octanol–water partition coefficient (Wildman–Crippen LogP) is 0.486. The zero-order chi connectivity index (χ0) is 10.1. The van der Waals surface area contributed by atoms with Gasteiger partial charge in [0, 0.05) is 24.7 Å². The van der Waals surface area contributed by atoms with E-state index in [1.807, 2.05) is 13.8 Å². The molecule has 13 heavy (non-hydrogen) atoms. The number of hydrogen-bond acceptors (Lipinski definition) is 3. The SMILES string of the molecule is CCC(C)(O)C1CNC(C)C(C)N1. The van der Waals surface area contributed by atoms with Crippen molar-refractivity contribution >= 4 is 0 Å². The Morgan fingerprint density at radius 2 is 2.00 bits per heavy atom. The standard InChI is InChI=1S/C10H22N2O/c1-5-10(4,13)9-6-11-7(2)8(3)12-9/h7-9,11-13H,5-6H2,1-4H3. The molecule has 78 valence electrons. The second-order valence-corrected chi connectivity index (χ2v) is 4.42. The van der Waals surface area contributed by atoms with Crippen LogP contribution in [0.5, 0.6) is 0 Å². The summed E-state index contributed by atoms with van der Waals surface area (Å²) in [5.74, 6) is 0. The second-order valence-electron chi connectivity index (χ2n) is 4.42. The molecule has 0 aromatic rings. The largest absolute Gasteiger partial charge is 0.389 e. The van der Waals surface area contributed by atoms with E-state index in [1.54, 1.807) is 0 Å². The van der Waals surface area contributed by atoms with Crippen LogP contribution in [0.1, 0.15) is 34.1 Å². The third-order valence-corrected chi connectivity index (χ3v) is 3.32. The van der Waals surface area contributed by atoms with Crippen LogP contribution in [0.3, 0.4) is 0 Å². The molecule has 0 amide bonds. The van der Waals surface area contributed by atoms with Gasteiger partial charge in [-0.15, -0.1) is 0 Å². The number of hydrogen-bond donors (Lipinski definition) is 3. The topological polar surface area (TPSA) is 44.3 Å². The van der Waals surface area contributed by atoms with Gasteiger partial charge in [0.1, 0.15) is 0 Å². The minimum absolute atomic E-state index is 0.170. The normalized spacial score (nSPS) is 39.9. The van der Waals surface area contributed by atoms with Gasteiger partial charge in [-0.05, 0) is 27.2 Å². The molecule has 3 heteroatoms. The molecule has 0 spiro atoms. The molecule has 0 aromatic carbocycles. The van der Waals surface area contributed by atoms with Gasteiger partial charge in [-0.3, -0.25) is 0 Å². The molecule has 0 bridgehead atoms. The van der Waals surface area contributed by atoms with Gasteiger partial charge in [0.2, 0.25) is 0 Å². The second kappa shape index (κ2) is 3.95. The highest BCUT2D eigenvalue weighted by Crippen LogP contribution is 2.17. The summed E-state index contributed by atoms with van der Waals surface area (Å²) in [6.07, 6.45) is 0.785. The summed E-state index contributed by atoms with van der Waals surface area (Å²) in [7, 11) is 0. The molecule has 3 nitrogen and oxygen atoms in total. The van der Waals surface area contributed by atoms with Crippen molar-refractivity contribution in [3.63, 3.8) is 0 Å². The number of rotatable bonds is 2. The van der Waals surface area contributed by atoms with Crippen LogP contribution in [0.2, 0.25) is 0 Å². The fraction of sp³-hybridized carbons (Fsp3) is 1.00. The minimum atomic E-state index is -0.596. The Morgan fingerprint density at radius 1 is 1.38 bits per heavy atom. The van der Waals surface area contributed by atoms with Crippen LogP contribution in [0.15, 0.2) is 0 Å².